The van der Waals surface area contributed by atoms with E-state index in [4.69, 9.17) is 22.9 Å². The van der Waals surface area contributed by atoms with E-state index in [1.54, 1.807) is 24.3 Å². The summed E-state index contributed by atoms with van der Waals surface area (Å²) in [7, 11) is 0. The van der Waals surface area contributed by atoms with Crippen molar-refractivity contribution in [1.82, 2.24) is 21.3 Å². The number of benzene rings is 3. The van der Waals surface area contributed by atoms with Crippen LogP contribution >= 0.6 is 0 Å². The number of phenolic OH excluding ortho intramolecular Hbond substituents is 1. The molecule has 3 aromatic carbocycles. The molecule has 4 atom stereocenters. The van der Waals surface area contributed by atoms with Gasteiger partial charge in [-0.3, -0.25) is 29.2 Å². The molecule has 0 saturated carbocycles. The first kappa shape index (κ1) is 40.6. The monoisotopic (exact) mass is 740 g/mol. The highest BCUT2D eigenvalue weighted by atomic mass is 16.3. The molecule has 0 fully saturated rings. The highest BCUT2D eigenvalue weighted by molar-refractivity contribution is 5.94. The van der Waals surface area contributed by atoms with Crippen LogP contribution < -0.4 is 44.2 Å². The Kier molecular flexibility index (Phi) is 14.8. The van der Waals surface area contributed by atoms with Crippen molar-refractivity contribution in [2.75, 3.05) is 19.6 Å². The number of hydrogen-bond acceptors (Lipinski definition) is 7. The number of guanidine groups is 2. The molecule has 54 heavy (non-hydrogen) atoms. The van der Waals surface area contributed by atoms with Gasteiger partial charge in [0.1, 0.15) is 17.8 Å². The first-order valence-corrected chi connectivity index (χ1v) is 18.0. The first-order valence-electron chi connectivity index (χ1n) is 18.0. The summed E-state index contributed by atoms with van der Waals surface area (Å²) >= 11 is 0. The van der Waals surface area contributed by atoms with Crippen LogP contribution in [0.25, 0.3) is 10.8 Å². The maximum atomic E-state index is 14.3. The summed E-state index contributed by atoms with van der Waals surface area (Å²) in [6, 6.07) is 17.5. The average Bonchev–Trinajstić information content (AvgIpc) is 3.14. The van der Waals surface area contributed by atoms with Crippen LogP contribution in [0.4, 0.5) is 0 Å². The third-order valence-electron chi connectivity index (χ3n) is 9.53. The van der Waals surface area contributed by atoms with Gasteiger partial charge < -0.3 is 49.3 Å². The lowest BCUT2D eigenvalue weighted by Crippen LogP contribution is -2.55. The standard InChI is InChI=1S/C39H52N10O5/c1-23-24(2)32(20-25-12-15-29(50)16-13-25)47-34(51)22-46-36(53)33(21-26-11-14-27-7-3-4-8-28(27)19-26)49-37(54)31(10-6-18-45-39(42)43)48-35(52)30(23)9-5-17-44-38(40)41/h3-4,7-8,11-16,19,30-33,50H,5-6,9-10,17-18,20-22H2,1-2H3,(H,46,53)(H,47,51)(H,48,52)(H,49,54)(H4,40,41,44)(H4,42,43,45)/b24-23+/t30-,31-,32+,33-/m0/s1. The van der Waals surface area contributed by atoms with Crippen molar-refractivity contribution in [3.05, 3.63) is 89.0 Å². The Bertz CT molecular complexity index is 1880. The van der Waals surface area contributed by atoms with E-state index in [0.29, 0.717) is 31.3 Å². The Balaban J connectivity index is 1.74. The molecule has 0 spiro atoms. The summed E-state index contributed by atoms with van der Waals surface area (Å²) in [5, 5.41) is 23.4. The number of nitrogens with two attached hydrogens (primary N) is 4. The number of aliphatic imine (C=N–C) groups is 2. The van der Waals surface area contributed by atoms with Crippen LogP contribution in [-0.2, 0) is 32.0 Å². The van der Waals surface area contributed by atoms with Gasteiger partial charge in [0.2, 0.25) is 23.6 Å². The molecule has 0 bridgehead atoms. The Labute approximate surface area is 315 Å². The molecule has 4 amide bonds. The summed E-state index contributed by atoms with van der Waals surface area (Å²) in [5.41, 5.74) is 25.2. The third-order valence-corrected chi connectivity index (χ3v) is 9.53. The van der Waals surface area contributed by atoms with Crippen LogP contribution in [0.5, 0.6) is 5.75 Å². The maximum absolute atomic E-state index is 14.3. The van der Waals surface area contributed by atoms with Crippen LogP contribution in [0, 0.1) is 5.92 Å². The normalized spacial score (nSPS) is 21.4. The van der Waals surface area contributed by atoms with E-state index >= 15 is 0 Å². The number of rotatable bonds is 12. The van der Waals surface area contributed by atoms with E-state index in [2.05, 4.69) is 31.3 Å². The minimum Gasteiger partial charge on any atom is -0.508 e. The molecule has 288 valence electrons. The van der Waals surface area contributed by atoms with Gasteiger partial charge in [0, 0.05) is 19.5 Å². The number of fused-ring (bicyclic) bond motifs is 1. The van der Waals surface area contributed by atoms with Crippen LogP contribution in [0.3, 0.4) is 0 Å². The van der Waals surface area contributed by atoms with Gasteiger partial charge in [0.15, 0.2) is 11.9 Å². The van der Waals surface area contributed by atoms with Gasteiger partial charge in [-0.1, -0.05) is 65.7 Å². The van der Waals surface area contributed by atoms with Crippen molar-refractivity contribution in [3.63, 3.8) is 0 Å². The maximum Gasteiger partial charge on any atom is 0.243 e. The number of amides is 4. The lowest BCUT2D eigenvalue weighted by Gasteiger charge is -2.27. The largest absolute Gasteiger partial charge is 0.508 e. The number of phenols is 1. The molecule has 1 aliphatic rings. The molecule has 4 rings (SSSR count). The van der Waals surface area contributed by atoms with Crippen molar-refractivity contribution >= 4 is 46.3 Å². The van der Waals surface area contributed by atoms with E-state index in [9.17, 15) is 24.3 Å². The predicted molar refractivity (Wildman–Crippen MR) is 210 cm³/mol. The number of nitrogens with one attached hydrogen (secondary N) is 4. The molecule has 15 heteroatoms. The SMILES string of the molecule is C/C1=C(/C)[C@@H](Cc2ccc(O)cc2)NC(=O)CNC(=O)[C@H](Cc2ccc3ccccc3c2)NC(=O)[C@H](CCCN=C(N)N)NC(=O)[C@H]1CCCN=C(N)N. The fourth-order valence-corrected chi connectivity index (χ4v) is 6.44. The zero-order valence-electron chi connectivity index (χ0n) is 30.8. The summed E-state index contributed by atoms with van der Waals surface area (Å²) in [5.74, 6) is -2.82. The zero-order valence-corrected chi connectivity index (χ0v) is 30.8. The van der Waals surface area contributed by atoms with Gasteiger partial charge in [-0.15, -0.1) is 0 Å². The van der Waals surface area contributed by atoms with E-state index in [1.807, 2.05) is 56.3 Å². The molecule has 3 aromatic rings. The van der Waals surface area contributed by atoms with Gasteiger partial charge in [0.25, 0.3) is 0 Å². The number of nitrogens with zero attached hydrogens (tertiary/aromatic N) is 2. The van der Waals surface area contributed by atoms with Crippen molar-refractivity contribution in [3.8, 4) is 5.75 Å². The van der Waals surface area contributed by atoms with Crippen LogP contribution in [0.1, 0.15) is 50.7 Å². The molecule has 0 unspecified atom stereocenters. The molecule has 0 radical (unpaired) electrons. The molecule has 0 aromatic heterocycles. The van der Waals surface area contributed by atoms with E-state index < -0.39 is 47.7 Å². The Morgan fingerprint density at radius 3 is 1.93 bits per heavy atom. The number of carbonyl (C=O) groups is 4. The van der Waals surface area contributed by atoms with Crippen molar-refractivity contribution in [2.24, 2.45) is 38.8 Å². The van der Waals surface area contributed by atoms with Crippen molar-refractivity contribution in [1.29, 1.82) is 0 Å². The molecule has 15 nitrogen and oxygen atoms in total. The number of aromatic hydroxyl groups is 1. The Morgan fingerprint density at radius 2 is 1.26 bits per heavy atom. The summed E-state index contributed by atoms with van der Waals surface area (Å²) in [6.07, 6.45) is 1.76. The molecular formula is C39H52N10O5. The molecule has 1 heterocycles. The number of carbonyl (C=O) groups excluding carboxylic acids is 4. The fraction of sp³-hybridized carbons (Fsp3) is 0.385. The summed E-state index contributed by atoms with van der Waals surface area (Å²) in [6.45, 7) is 3.80. The van der Waals surface area contributed by atoms with Gasteiger partial charge in [-0.2, -0.15) is 0 Å². The summed E-state index contributed by atoms with van der Waals surface area (Å²) < 4.78 is 0. The first-order chi connectivity index (χ1) is 25.8. The minimum absolute atomic E-state index is 0.0689. The van der Waals surface area contributed by atoms with Gasteiger partial charge in [-0.05, 0) is 80.0 Å². The molecule has 0 saturated heterocycles. The van der Waals surface area contributed by atoms with Crippen LogP contribution in [0.2, 0.25) is 0 Å². The second-order valence-corrected chi connectivity index (χ2v) is 13.5. The van der Waals surface area contributed by atoms with E-state index in [0.717, 1.165) is 27.5 Å². The second kappa shape index (κ2) is 19.6. The van der Waals surface area contributed by atoms with E-state index in [1.165, 1.54) is 0 Å². The summed E-state index contributed by atoms with van der Waals surface area (Å²) in [4.78, 5) is 63.7. The van der Waals surface area contributed by atoms with Crippen LogP contribution in [0.15, 0.2) is 87.9 Å². The van der Waals surface area contributed by atoms with Crippen molar-refractivity contribution in [2.45, 2.75) is 70.5 Å². The smallest absolute Gasteiger partial charge is 0.243 e. The third kappa shape index (κ3) is 12.2. The van der Waals surface area contributed by atoms with Gasteiger partial charge in [-0.25, -0.2) is 0 Å². The van der Waals surface area contributed by atoms with Crippen molar-refractivity contribution < 1.29 is 24.3 Å². The zero-order chi connectivity index (χ0) is 39.2. The Morgan fingerprint density at radius 1 is 0.667 bits per heavy atom. The highest BCUT2D eigenvalue weighted by Crippen LogP contribution is 2.25. The van der Waals surface area contributed by atoms with Crippen LogP contribution in [-0.4, -0.2) is 78.4 Å². The van der Waals surface area contributed by atoms with Gasteiger partial charge in [0.05, 0.1) is 18.5 Å². The quantitative estimate of drug-likeness (QED) is 0.0554. The second-order valence-electron chi connectivity index (χ2n) is 13.5. The highest BCUT2D eigenvalue weighted by Gasteiger charge is 2.32. The predicted octanol–water partition coefficient (Wildman–Crippen LogP) is 0.975. The molecule has 1 aliphatic heterocycles. The minimum atomic E-state index is -1.08. The molecule has 13 N–H and O–H groups in total. The fourth-order valence-electron chi connectivity index (χ4n) is 6.44. The van der Waals surface area contributed by atoms with Gasteiger partial charge >= 0.3 is 0 Å². The lowest BCUT2D eigenvalue weighted by atomic mass is 9.86. The molecule has 0 aliphatic carbocycles. The average molecular weight is 741 g/mol. The number of hydrogen-bond donors (Lipinski definition) is 9. The molecular weight excluding hydrogens is 688 g/mol. The van der Waals surface area contributed by atoms with E-state index in [-0.39, 0.29) is 50.1 Å². The topological polar surface area (TPSA) is 265 Å². The Hall–Kier alpha value is -6.12. The lowest BCUT2D eigenvalue weighted by molar-refractivity contribution is -0.133.